The number of amides is 1. The number of fused-ring (bicyclic) bond motifs is 1. The van der Waals surface area contributed by atoms with Crippen molar-refractivity contribution in [2.75, 3.05) is 18.0 Å². The highest BCUT2D eigenvalue weighted by molar-refractivity contribution is 6.02. The van der Waals surface area contributed by atoms with Gasteiger partial charge < -0.3 is 19.4 Å². The molecule has 4 heterocycles. The highest BCUT2D eigenvalue weighted by Gasteiger charge is 2.27. The average Bonchev–Trinajstić information content (AvgIpc) is 3.30. The van der Waals surface area contributed by atoms with Crippen LogP contribution in [0.4, 0.5) is 5.82 Å². The third-order valence-corrected chi connectivity index (χ3v) is 5.13. The Labute approximate surface area is 184 Å². The average molecular weight is 433 g/mol. The molecule has 1 aliphatic rings. The number of hydrogen-bond acceptors (Lipinski definition) is 7. The normalized spacial score (nSPS) is 19.0. The molecule has 2 atom stereocenters. The summed E-state index contributed by atoms with van der Waals surface area (Å²) in [6, 6.07) is 10.6. The zero-order valence-electron chi connectivity index (χ0n) is 17.8. The number of aromatic nitrogens is 2. The molecule has 1 saturated heterocycles. The second kappa shape index (κ2) is 9.08. The summed E-state index contributed by atoms with van der Waals surface area (Å²) >= 11 is 0. The van der Waals surface area contributed by atoms with Crippen LogP contribution in [0.5, 0.6) is 0 Å². The van der Waals surface area contributed by atoms with E-state index in [0.717, 1.165) is 0 Å². The van der Waals surface area contributed by atoms with Crippen LogP contribution < -0.4 is 15.8 Å². The van der Waals surface area contributed by atoms with E-state index in [9.17, 15) is 14.9 Å². The monoisotopic (exact) mass is 433 g/mol. The van der Waals surface area contributed by atoms with Crippen molar-refractivity contribution in [1.29, 1.82) is 5.26 Å². The van der Waals surface area contributed by atoms with Crippen LogP contribution in [0.2, 0.25) is 0 Å². The Hall–Kier alpha value is -3.90. The molecule has 32 heavy (non-hydrogen) atoms. The van der Waals surface area contributed by atoms with E-state index in [-0.39, 0.29) is 35.4 Å². The summed E-state index contributed by atoms with van der Waals surface area (Å²) in [5.41, 5.74) is 0.114. The second-order valence-electron chi connectivity index (χ2n) is 7.68. The van der Waals surface area contributed by atoms with Crippen molar-refractivity contribution in [2.24, 2.45) is 0 Å². The molecular formula is C23H23N5O4. The maximum atomic E-state index is 13.3. The van der Waals surface area contributed by atoms with Gasteiger partial charge in [-0.05, 0) is 44.2 Å². The first kappa shape index (κ1) is 21.3. The summed E-state index contributed by atoms with van der Waals surface area (Å²) < 4.78 is 12.4. The number of ether oxygens (including phenoxy) is 1. The Bertz CT molecular complexity index is 1250. The van der Waals surface area contributed by atoms with Crippen molar-refractivity contribution in [3.8, 4) is 6.07 Å². The minimum absolute atomic E-state index is 0.0568. The largest absolute Gasteiger partial charge is 0.467 e. The van der Waals surface area contributed by atoms with Crippen molar-refractivity contribution in [2.45, 2.75) is 32.6 Å². The highest BCUT2D eigenvalue weighted by atomic mass is 16.5. The molecule has 0 unspecified atom stereocenters. The van der Waals surface area contributed by atoms with E-state index in [4.69, 9.17) is 14.1 Å². The van der Waals surface area contributed by atoms with Gasteiger partial charge in [0, 0.05) is 19.3 Å². The molecule has 0 aromatic carbocycles. The lowest BCUT2D eigenvalue weighted by Crippen LogP contribution is -2.46. The molecule has 3 aromatic heterocycles. The predicted molar refractivity (Wildman–Crippen MR) is 118 cm³/mol. The third-order valence-electron chi connectivity index (χ3n) is 5.13. The number of carbonyl (C=O) groups excluding carboxylic acids is 1. The molecule has 1 aliphatic heterocycles. The van der Waals surface area contributed by atoms with Crippen LogP contribution in [0.15, 0.2) is 57.6 Å². The number of anilines is 1. The van der Waals surface area contributed by atoms with Crippen molar-refractivity contribution in [3.05, 3.63) is 70.0 Å². The zero-order valence-corrected chi connectivity index (χ0v) is 17.8. The Kier molecular flexibility index (Phi) is 6.05. The standard InChI is InChI=1S/C23H23N5O4/c1-15-13-27(14-16(2)32-15)21-19(23(30)28-8-4-3-7-20(28)26-21)10-17(11-24)22(29)25-12-18-6-5-9-31-18/h3-10,15-16H,12-14H2,1-2H3,(H,25,29)/b17-10+/t15-,16+. The Morgan fingerprint density at radius 2 is 2.06 bits per heavy atom. The molecule has 1 N–H and O–H groups in total. The SMILES string of the molecule is C[C@@H]1CN(c2nc3ccccn3c(=O)c2/C=C(\C#N)C(=O)NCc2ccco2)C[C@H](C)O1. The molecule has 9 heteroatoms. The van der Waals surface area contributed by atoms with E-state index in [2.05, 4.69) is 5.32 Å². The number of nitrogens with zero attached hydrogens (tertiary/aromatic N) is 4. The third kappa shape index (κ3) is 4.40. The topological polar surface area (TPSA) is 113 Å². The van der Waals surface area contributed by atoms with Gasteiger partial charge in [-0.3, -0.25) is 14.0 Å². The summed E-state index contributed by atoms with van der Waals surface area (Å²) in [6.45, 7) is 5.11. The number of nitriles is 1. The van der Waals surface area contributed by atoms with Crippen molar-refractivity contribution in [1.82, 2.24) is 14.7 Å². The van der Waals surface area contributed by atoms with Crippen molar-refractivity contribution in [3.63, 3.8) is 0 Å². The molecule has 1 amide bonds. The van der Waals surface area contributed by atoms with Crippen LogP contribution in [0, 0.1) is 11.3 Å². The first-order valence-corrected chi connectivity index (χ1v) is 10.3. The predicted octanol–water partition coefficient (Wildman–Crippen LogP) is 2.12. The zero-order chi connectivity index (χ0) is 22.7. The fourth-order valence-electron chi connectivity index (χ4n) is 3.78. The van der Waals surface area contributed by atoms with E-state index in [0.29, 0.717) is 30.3 Å². The van der Waals surface area contributed by atoms with Crippen LogP contribution in [-0.4, -0.2) is 40.6 Å². The maximum absolute atomic E-state index is 13.3. The fourth-order valence-corrected chi connectivity index (χ4v) is 3.78. The number of furan rings is 1. The number of carbonyl (C=O) groups is 1. The summed E-state index contributed by atoms with van der Waals surface area (Å²) in [7, 11) is 0. The number of rotatable bonds is 5. The number of morpholine rings is 1. The van der Waals surface area contributed by atoms with Crippen LogP contribution in [0.3, 0.4) is 0 Å². The maximum Gasteiger partial charge on any atom is 0.267 e. The lowest BCUT2D eigenvalue weighted by molar-refractivity contribution is -0.117. The summed E-state index contributed by atoms with van der Waals surface area (Å²) in [6.07, 6.45) is 4.31. The molecule has 0 bridgehead atoms. The number of pyridine rings is 1. The van der Waals surface area contributed by atoms with Gasteiger partial charge >= 0.3 is 0 Å². The minimum Gasteiger partial charge on any atom is -0.467 e. The summed E-state index contributed by atoms with van der Waals surface area (Å²) in [5, 5.41) is 12.3. The van der Waals surface area contributed by atoms with E-state index in [1.54, 1.807) is 36.5 Å². The molecule has 0 radical (unpaired) electrons. The molecule has 9 nitrogen and oxygen atoms in total. The smallest absolute Gasteiger partial charge is 0.267 e. The second-order valence-corrected chi connectivity index (χ2v) is 7.68. The van der Waals surface area contributed by atoms with Crippen LogP contribution in [0.25, 0.3) is 11.7 Å². The highest BCUT2D eigenvalue weighted by Crippen LogP contribution is 2.23. The lowest BCUT2D eigenvalue weighted by Gasteiger charge is -2.36. The van der Waals surface area contributed by atoms with Gasteiger partial charge in [0.15, 0.2) is 0 Å². The molecule has 0 saturated carbocycles. The van der Waals surface area contributed by atoms with Gasteiger partial charge in [0.05, 0.1) is 30.6 Å². The minimum atomic E-state index is -0.601. The first-order valence-electron chi connectivity index (χ1n) is 10.3. The molecule has 1 fully saturated rings. The molecule has 4 rings (SSSR count). The van der Waals surface area contributed by atoms with Crippen LogP contribution >= 0.6 is 0 Å². The molecular weight excluding hydrogens is 410 g/mol. The van der Waals surface area contributed by atoms with Crippen molar-refractivity contribution < 1.29 is 13.9 Å². The van der Waals surface area contributed by atoms with Gasteiger partial charge in [0.2, 0.25) is 0 Å². The van der Waals surface area contributed by atoms with E-state index >= 15 is 0 Å². The first-order chi connectivity index (χ1) is 15.5. The molecule has 164 valence electrons. The van der Waals surface area contributed by atoms with Crippen LogP contribution in [0.1, 0.15) is 25.2 Å². The van der Waals surface area contributed by atoms with E-state index in [1.807, 2.05) is 24.8 Å². The number of hydrogen-bond donors (Lipinski definition) is 1. The van der Waals surface area contributed by atoms with Crippen LogP contribution in [-0.2, 0) is 16.1 Å². The van der Waals surface area contributed by atoms with Crippen molar-refractivity contribution >= 4 is 23.4 Å². The molecule has 3 aromatic rings. The molecule has 0 aliphatic carbocycles. The quantitative estimate of drug-likeness (QED) is 0.484. The van der Waals surface area contributed by atoms with Gasteiger partial charge in [0.25, 0.3) is 11.5 Å². The number of nitrogens with one attached hydrogen (secondary N) is 1. The van der Waals surface area contributed by atoms with E-state index in [1.165, 1.54) is 16.7 Å². The summed E-state index contributed by atoms with van der Waals surface area (Å²) in [5.74, 6) is 0.381. The Morgan fingerprint density at radius 3 is 2.75 bits per heavy atom. The summed E-state index contributed by atoms with van der Waals surface area (Å²) in [4.78, 5) is 32.6. The Morgan fingerprint density at radius 1 is 1.28 bits per heavy atom. The lowest BCUT2D eigenvalue weighted by atomic mass is 10.1. The van der Waals surface area contributed by atoms with Gasteiger partial charge in [-0.25, -0.2) is 4.98 Å². The van der Waals surface area contributed by atoms with Gasteiger partial charge in [-0.1, -0.05) is 6.07 Å². The van der Waals surface area contributed by atoms with Gasteiger partial charge in [-0.2, -0.15) is 5.26 Å². The Balaban J connectivity index is 1.77. The van der Waals surface area contributed by atoms with Gasteiger partial charge in [0.1, 0.15) is 28.9 Å². The fraction of sp³-hybridized carbons (Fsp3) is 0.304. The van der Waals surface area contributed by atoms with E-state index < -0.39 is 5.91 Å². The van der Waals surface area contributed by atoms with Gasteiger partial charge in [-0.15, -0.1) is 0 Å². The molecule has 0 spiro atoms.